The fraction of sp³-hybridized carbons (Fsp3) is 0.625. The van der Waals surface area contributed by atoms with E-state index >= 15 is 0 Å². The van der Waals surface area contributed by atoms with E-state index in [4.69, 9.17) is 4.74 Å². The molecule has 3 rings (SSSR count). The quantitative estimate of drug-likeness (QED) is 0.753. The van der Waals surface area contributed by atoms with Crippen molar-refractivity contribution in [3.63, 3.8) is 0 Å². The van der Waals surface area contributed by atoms with Crippen LogP contribution in [0.3, 0.4) is 0 Å². The Hall–Kier alpha value is -2.41. The Bertz CT molecular complexity index is 744. The lowest BCUT2D eigenvalue weighted by atomic mass is 9.73. The van der Waals surface area contributed by atoms with E-state index in [0.29, 0.717) is 52.1 Å². The van der Waals surface area contributed by atoms with Crippen LogP contribution in [0, 0.1) is 5.41 Å². The molecule has 170 valence electrons. The van der Waals surface area contributed by atoms with Gasteiger partial charge in [0.05, 0.1) is 11.8 Å². The largest absolute Gasteiger partial charge is 0.381 e. The van der Waals surface area contributed by atoms with Crippen molar-refractivity contribution in [2.75, 3.05) is 32.8 Å². The van der Waals surface area contributed by atoms with Gasteiger partial charge >= 0.3 is 0 Å². The topological polar surface area (TPSA) is 87.7 Å². The van der Waals surface area contributed by atoms with Gasteiger partial charge in [0.15, 0.2) is 0 Å². The van der Waals surface area contributed by atoms with Gasteiger partial charge in [-0.25, -0.2) is 0 Å². The van der Waals surface area contributed by atoms with Crippen LogP contribution in [0.5, 0.6) is 0 Å². The average Bonchev–Trinajstić information content (AvgIpc) is 2.78. The molecule has 0 bridgehead atoms. The predicted octanol–water partition coefficient (Wildman–Crippen LogP) is 2.05. The van der Waals surface area contributed by atoms with Crippen LogP contribution in [0.2, 0.25) is 0 Å². The highest BCUT2D eigenvalue weighted by Crippen LogP contribution is 2.37. The highest BCUT2D eigenvalue weighted by molar-refractivity contribution is 5.90. The lowest BCUT2D eigenvalue weighted by molar-refractivity contribution is -0.142. The SMILES string of the molecule is C[C@@H]1NC(=O)C2(CCCCOCCCNC1=O)CCN(C(=O)Cc1ccccc1)CC2. The smallest absolute Gasteiger partial charge is 0.242 e. The van der Waals surface area contributed by atoms with Gasteiger partial charge in [-0.2, -0.15) is 0 Å². The summed E-state index contributed by atoms with van der Waals surface area (Å²) in [4.78, 5) is 40.2. The molecule has 2 aliphatic rings. The number of carbonyl (C=O) groups excluding carboxylic acids is 3. The molecule has 7 nitrogen and oxygen atoms in total. The van der Waals surface area contributed by atoms with E-state index in [0.717, 1.165) is 31.2 Å². The maximum atomic E-state index is 13.3. The summed E-state index contributed by atoms with van der Waals surface area (Å²) in [6.45, 7) is 4.70. The van der Waals surface area contributed by atoms with E-state index in [2.05, 4.69) is 10.6 Å². The minimum Gasteiger partial charge on any atom is -0.381 e. The van der Waals surface area contributed by atoms with Crippen molar-refractivity contribution in [1.29, 1.82) is 0 Å². The molecule has 1 aromatic carbocycles. The van der Waals surface area contributed by atoms with Gasteiger partial charge in [0.25, 0.3) is 0 Å². The molecule has 0 unspecified atom stereocenters. The molecular formula is C24H35N3O4. The fourth-order valence-electron chi connectivity index (χ4n) is 4.38. The summed E-state index contributed by atoms with van der Waals surface area (Å²) in [5.74, 6) is -0.136. The number of benzene rings is 1. The zero-order valence-electron chi connectivity index (χ0n) is 18.5. The highest BCUT2D eigenvalue weighted by atomic mass is 16.5. The first-order valence-electron chi connectivity index (χ1n) is 11.5. The summed E-state index contributed by atoms with van der Waals surface area (Å²) in [6.07, 6.45) is 4.94. The second-order valence-corrected chi connectivity index (χ2v) is 8.73. The second-order valence-electron chi connectivity index (χ2n) is 8.73. The number of hydrogen-bond acceptors (Lipinski definition) is 4. The number of amides is 3. The third kappa shape index (κ3) is 6.53. The van der Waals surface area contributed by atoms with E-state index in [9.17, 15) is 14.4 Å². The zero-order valence-corrected chi connectivity index (χ0v) is 18.5. The van der Waals surface area contributed by atoms with Gasteiger partial charge in [-0.05, 0) is 44.6 Å². The van der Waals surface area contributed by atoms with Crippen LogP contribution in [0.4, 0.5) is 0 Å². The first-order valence-corrected chi connectivity index (χ1v) is 11.5. The number of likely N-dealkylation sites (tertiary alicyclic amines) is 1. The number of piperidine rings is 1. The molecule has 7 heteroatoms. The first kappa shape index (κ1) is 23.3. The Morgan fingerprint density at radius 1 is 1.06 bits per heavy atom. The first-order chi connectivity index (χ1) is 15.0. The monoisotopic (exact) mass is 429 g/mol. The summed E-state index contributed by atoms with van der Waals surface area (Å²) < 4.78 is 5.64. The van der Waals surface area contributed by atoms with Crippen molar-refractivity contribution in [1.82, 2.24) is 15.5 Å². The van der Waals surface area contributed by atoms with Crippen LogP contribution in [-0.2, 0) is 25.5 Å². The van der Waals surface area contributed by atoms with E-state index < -0.39 is 11.5 Å². The van der Waals surface area contributed by atoms with E-state index in [1.165, 1.54) is 0 Å². The van der Waals surface area contributed by atoms with E-state index in [1.54, 1.807) is 6.92 Å². The van der Waals surface area contributed by atoms with E-state index in [-0.39, 0.29) is 17.7 Å². The second kappa shape index (κ2) is 11.3. The zero-order chi connectivity index (χ0) is 22.1. The number of carbonyl (C=O) groups is 3. The van der Waals surface area contributed by atoms with Gasteiger partial charge in [0, 0.05) is 32.8 Å². The summed E-state index contributed by atoms with van der Waals surface area (Å²) in [7, 11) is 0. The van der Waals surface area contributed by atoms with E-state index in [1.807, 2.05) is 35.2 Å². The van der Waals surface area contributed by atoms with Crippen LogP contribution in [-0.4, -0.2) is 61.5 Å². The third-order valence-corrected chi connectivity index (χ3v) is 6.45. The Morgan fingerprint density at radius 3 is 2.52 bits per heavy atom. The lowest BCUT2D eigenvalue weighted by Gasteiger charge is -2.41. The molecule has 2 N–H and O–H groups in total. The Kier molecular flexibility index (Phi) is 8.46. The van der Waals surface area contributed by atoms with Crippen molar-refractivity contribution < 1.29 is 19.1 Å². The number of hydrogen-bond donors (Lipinski definition) is 2. The van der Waals surface area contributed by atoms with Crippen molar-refractivity contribution >= 4 is 17.7 Å². The maximum Gasteiger partial charge on any atom is 0.242 e. The van der Waals surface area contributed by atoms with Crippen LogP contribution in [0.25, 0.3) is 0 Å². The summed E-state index contributed by atoms with van der Waals surface area (Å²) >= 11 is 0. The van der Waals surface area contributed by atoms with Crippen molar-refractivity contribution in [2.45, 2.75) is 57.9 Å². The summed E-state index contributed by atoms with van der Waals surface area (Å²) in [5.41, 5.74) is 0.464. The normalized spacial score (nSPS) is 23.5. The minimum atomic E-state index is -0.578. The lowest BCUT2D eigenvalue weighted by Crippen LogP contribution is -2.54. The molecule has 2 heterocycles. The highest BCUT2D eigenvalue weighted by Gasteiger charge is 2.42. The van der Waals surface area contributed by atoms with Crippen molar-refractivity contribution in [3.05, 3.63) is 35.9 Å². The standard InChI is InChI=1S/C24H35N3O4/c1-19-22(29)25-13-7-17-31-16-6-5-10-24(23(30)26-19)11-14-27(15-12-24)21(28)18-20-8-3-2-4-9-20/h2-4,8-9,19H,5-7,10-18H2,1H3,(H,25,29)(H,26,30)/t19-/m0/s1. The molecule has 0 aliphatic carbocycles. The summed E-state index contributed by atoms with van der Waals surface area (Å²) in [6, 6.07) is 9.16. The fourth-order valence-corrected chi connectivity index (χ4v) is 4.38. The molecular weight excluding hydrogens is 394 g/mol. The molecule has 0 aromatic heterocycles. The third-order valence-electron chi connectivity index (χ3n) is 6.45. The number of nitrogens with one attached hydrogen (secondary N) is 2. The van der Waals surface area contributed by atoms with Crippen LogP contribution in [0.1, 0.15) is 51.0 Å². The van der Waals surface area contributed by atoms with Gasteiger partial charge < -0.3 is 20.3 Å². The molecule has 2 aliphatic heterocycles. The van der Waals surface area contributed by atoms with Crippen LogP contribution in [0.15, 0.2) is 30.3 Å². The Labute approximate surface area is 184 Å². The van der Waals surface area contributed by atoms with Crippen LogP contribution < -0.4 is 10.6 Å². The molecule has 31 heavy (non-hydrogen) atoms. The molecule has 2 saturated heterocycles. The van der Waals surface area contributed by atoms with Gasteiger partial charge in [0.1, 0.15) is 6.04 Å². The minimum absolute atomic E-state index is 0.0664. The molecule has 0 radical (unpaired) electrons. The maximum absolute atomic E-state index is 13.3. The van der Waals surface area contributed by atoms with Gasteiger partial charge in [-0.1, -0.05) is 36.8 Å². The number of ether oxygens (including phenoxy) is 1. The molecule has 1 spiro atoms. The predicted molar refractivity (Wildman–Crippen MR) is 118 cm³/mol. The molecule has 2 fully saturated rings. The Morgan fingerprint density at radius 2 is 1.77 bits per heavy atom. The molecule has 3 amide bonds. The average molecular weight is 430 g/mol. The van der Waals surface area contributed by atoms with Crippen molar-refractivity contribution in [2.24, 2.45) is 5.41 Å². The molecule has 1 aromatic rings. The molecule has 0 saturated carbocycles. The van der Waals surface area contributed by atoms with Crippen molar-refractivity contribution in [3.8, 4) is 0 Å². The van der Waals surface area contributed by atoms with Gasteiger partial charge in [-0.3, -0.25) is 14.4 Å². The van der Waals surface area contributed by atoms with Gasteiger partial charge in [0.2, 0.25) is 17.7 Å². The van der Waals surface area contributed by atoms with Gasteiger partial charge in [-0.15, -0.1) is 0 Å². The Balaban J connectivity index is 1.63. The molecule has 1 atom stereocenters. The number of nitrogens with zero attached hydrogens (tertiary/aromatic N) is 1. The van der Waals surface area contributed by atoms with Crippen LogP contribution >= 0.6 is 0 Å². The number of rotatable bonds is 2. The summed E-state index contributed by atoms with van der Waals surface area (Å²) in [5, 5.41) is 5.80.